The number of likely N-dealkylation sites (tertiary alicyclic amines) is 1. The van der Waals surface area contributed by atoms with Crippen LogP contribution in [0.3, 0.4) is 0 Å². The van der Waals surface area contributed by atoms with E-state index in [2.05, 4.69) is 0 Å². The molecule has 1 saturated heterocycles. The molecule has 98 valence electrons. The number of carbonyl (C=O) groups excluding carboxylic acids is 1. The van der Waals surface area contributed by atoms with Crippen molar-refractivity contribution in [2.24, 2.45) is 17.6 Å². The maximum Gasteiger partial charge on any atom is 0.226 e. The molecule has 2 rings (SSSR count). The molecule has 2 fully saturated rings. The molecular formula is C13H24N2O2. The van der Waals surface area contributed by atoms with E-state index in [9.17, 15) is 4.79 Å². The highest BCUT2D eigenvalue weighted by atomic mass is 16.5. The van der Waals surface area contributed by atoms with E-state index >= 15 is 0 Å². The second kappa shape index (κ2) is 5.83. The van der Waals surface area contributed by atoms with Crippen LogP contribution < -0.4 is 5.73 Å². The van der Waals surface area contributed by atoms with E-state index in [1.165, 1.54) is 0 Å². The SMILES string of the molecule is COC1CCN(C(=O)C2CCCC2CN)CC1. The molecule has 0 spiro atoms. The van der Waals surface area contributed by atoms with Crippen LogP contribution in [0.5, 0.6) is 0 Å². The maximum atomic E-state index is 12.4. The van der Waals surface area contributed by atoms with Crippen molar-refractivity contribution in [1.29, 1.82) is 0 Å². The lowest BCUT2D eigenvalue weighted by molar-refractivity contribution is -0.138. The molecule has 2 N–H and O–H groups in total. The molecule has 1 heterocycles. The summed E-state index contributed by atoms with van der Waals surface area (Å²) in [6.45, 7) is 2.36. The summed E-state index contributed by atoms with van der Waals surface area (Å²) in [7, 11) is 1.75. The minimum atomic E-state index is 0.194. The second-order valence-electron chi connectivity index (χ2n) is 5.29. The fraction of sp³-hybridized carbons (Fsp3) is 0.923. The number of rotatable bonds is 3. The van der Waals surface area contributed by atoms with Gasteiger partial charge in [0.25, 0.3) is 0 Å². The van der Waals surface area contributed by atoms with Crippen LogP contribution in [0, 0.1) is 11.8 Å². The van der Waals surface area contributed by atoms with Gasteiger partial charge in [0.2, 0.25) is 5.91 Å². The predicted octanol–water partition coefficient (Wildman–Crippen LogP) is 0.999. The molecule has 0 bridgehead atoms. The van der Waals surface area contributed by atoms with Gasteiger partial charge in [0.05, 0.1) is 6.10 Å². The molecule has 2 unspecified atom stereocenters. The first-order valence-electron chi connectivity index (χ1n) is 6.78. The zero-order valence-electron chi connectivity index (χ0n) is 10.7. The fourth-order valence-electron chi connectivity index (χ4n) is 3.19. The molecule has 0 aromatic carbocycles. The third kappa shape index (κ3) is 2.80. The number of piperidine rings is 1. The number of nitrogens with two attached hydrogens (primary N) is 1. The Morgan fingerprint density at radius 2 is 2.00 bits per heavy atom. The van der Waals surface area contributed by atoms with Crippen LogP contribution in [0.25, 0.3) is 0 Å². The highest BCUT2D eigenvalue weighted by Gasteiger charge is 2.35. The summed E-state index contributed by atoms with van der Waals surface area (Å²) in [6.07, 6.45) is 5.61. The molecule has 1 saturated carbocycles. The maximum absolute atomic E-state index is 12.4. The average molecular weight is 240 g/mol. The van der Waals surface area contributed by atoms with Gasteiger partial charge in [-0.15, -0.1) is 0 Å². The van der Waals surface area contributed by atoms with E-state index in [0.717, 1.165) is 45.2 Å². The molecule has 0 radical (unpaired) electrons. The molecule has 4 heteroatoms. The molecule has 2 aliphatic rings. The van der Waals surface area contributed by atoms with Crippen molar-refractivity contribution in [3.8, 4) is 0 Å². The quantitative estimate of drug-likeness (QED) is 0.800. The first-order valence-corrected chi connectivity index (χ1v) is 6.78. The van der Waals surface area contributed by atoms with Crippen molar-refractivity contribution >= 4 is 5.91 Å². The van der Waals surface area contributed by atoms with Crippen molar-refractivity contribution in [2.75, 3.05) is 26.7 Å². The van der Waals surface area contributed by atoms with Gasteiger partial charge in [-0.25, -0.2) is 0 Å². The monoisotopic (exact) mass is 240 g/mol. The standard InChI is InChI=1S/C13H24N2O2/c1-17-11-5-7-15(8-6-11)13(16)12-4-2-3-10(12)9-14/h10-12H,2-9,14H2,1H3. The molecule has 0 aromatic rings. The number of carbonyl (C=O) groups is 1. The lowest BCUT2D eigenvalue weighted by Gasteiger charge is -2.34. The molecule has 2 atom stereocenters. The number of methoxy groups -OCH3 is 1. The third-order valence-electron chi connectivity index (χ3n) is 4.37. The van der Waals surface area contributed by atoms with Crippen molar-refractivity contribution in [3.05, 3.63) is 0 Å². The summed E-state index contributed by atoms with van der Waals surface area (Å²) in [5.41, 5.74) is 5.74. The van der Waals surface area contributed by atoms with Gasteiger partial charge in [0.1, 0.15) is 0 Å². The van der Waals surface area contributed by atoms with Crippen LogP contribution in [0.4, 0.5) is 0 Å². The van der Waals surface area contributed by atoms with Crippen LogP contribution in [-0.2, 0) is 9.53 Å². The van der Waals surface area contributed by atoms with Gasteiger partial charge >= 0.3 is 0 Å². The average Bonchev–Trinajstić information content (AvgIpc) is 2.86. The molecule has 1 aliphatic carbocycles. The molecular weight excluding hydrogens is 216 g/mol. The van der Waals surface area contributed by atoms with E-state index in [-0.39, 0.29) is 5.92 Å². The van der Waals surface area contributed by atoms with Crippen molar-refractivity contribution in [3.63, 3.8) is 0 Å². The predicted molar refractivity (Wildman–Crippen MR) is 66.5 cm³/mol. The Hall–Kier alpha value is -0.610. The summed E-state index contributed by atoms with van der Waals surface area (Å²) in [6, 6.07) is 0. The number of nitrogens with zero attached hydrogens (tertiary/aromatic N) is 1. The van der Waals surface area contributed by atoms with Gasteiger partial charge in [0, 0.05) is 26.1 Å². The topological polar surface area (TPSA) is 55.6 Å². The molecule has 17 heavy (non-hydrogen) atoms. The van der Waals surface area contributed by atoms with Crippen molar-refractivity contribution < 1.29 is 9.53 Å². The van der Waals surface area contributed by atoms with Gasteiger partial charge in [-0.3, -0.25) is 4.79 Å². The van der Waals surface area contributed by atoms with Crippen LogP contribution >= 0.6 is 0 Å². The zero-order chi connectivity index (χ0) is 12.3. The Morgan fingerprint density at radius 3 is 2.59 bits per heavy atom. The fourth-order valence-corrected chi connectivity index (χ4v) is 3.19. The number of amides is 1. The molecule has 4 nitrogen and oxygen atoms in total. The van der Waals surface area contributed by atoms with E-state index in [4.69, 9.17) is 10.5 Å². The normalized spacial score (nSPS) is 30.8. The molecule has 1 amide bonds. The highest BCUT2D eigenvalue weighted by Crippen LogP contribution is 2.33. The minimum Gasteiger partial charge on any atom is -0.381 e. The first kappa shape index (κ1) is 12.8. The largest absolute Gasteiger partial charge is 0.381 e. The van der Waals surface area contributed by atoms with E-state index in [1.807, 2.05) is 4.90 Å². The summed E-state index contributed by atoms with van der Waals surface area (Å²) in [5, 5.41) is 0. The number of hydrogen-bond acceptors (Lipinski definition) is 3. The highest BCUT2D eigenvalue weighted by molar-refractivity contribution is 5.79. The zero-order valence-corrected chi connectivity index (χ0v) is 10.7. The van der Waals surface area contributed by atoms with Crippen molar-refractivity contribution in [1.82, 2.24) is 4.90 Å². The third-order valence-corrected chi connectivity index (χ3v) is 4.37. The van der Waals surface area contributed by atoms with E-state index in [1.54, 1.807) is 7.11 Å². The van der Waals surface area contributed by atoms with Gasteiger partial charge in [0.15, 0.2) is 0 Å². The van der Waals surface area contributed by atoms with Crippen LogP contribution in [0.15, 0.2) is 0 Å². The van der Waals surface area contributed by atoms with Crippen LogP contribution in [0.1, 0.15) is 32.1 Å². The number of hydrogen-bond donors (Lipinski definition) is 1. The number of ether oxygens (including phenoxy) is 1. The van der Waals surface area contributed by atoms with Crippen LogP contribution in [0.2, 0.25) is 0 Å². The van der Waals surface area contributed by atoms with Gasteiger partial charge < -0.3 is 15.4 Å². The summed E-state index contributed by atoms with van der Waals surface area (Å²) < 4.78 is 5.33. The Morgan fingerprint density at radius 1 is 1.29 bits per heavy atom. The lowest BCUT2D eigenvalue weighted by atomic mass is 9.93. The Balaban J connectivity index is 1.88. The Kier molecular flexibility index (Phi) is 4.40. The molecule has 1 aliphatic heterocycles. The summed E-state index contributed by atoms with van der Waals surface area (Å²) in [4.78, 5) is 14.4. The Bertz CT molecular complexity index is 262. The Labute approximate surface area is 103 Å². The van der Waals surface area contributed by atoms with Crippen molar-refractivity contribution in [2.45, 2.75) is 38.2 Å². The minimum absolute atomic E-state index is 0.194. The molecule has 0 aromatic heterocycles. The summed E-state index contributed by atoms with van der Waals surface area (Å²) >= 11 is 0. The second-order valence-corrected chi connectivity index (χ2v) is 5.29. The smallest absolute Gasteiger partial charge is 0.226 e. The van der Waals surface area contributed by atoms with Gasteiger partial charge in [-0.2, -0.15) is 0 Å². The summed E-state index contributed by atoms with van der Waals surface area (Å²) in [5.74, 6) is 0.953. The van der Waals surface area contributed by atoms with Gasteiger partial charge in [-0.05, 0) is 38.1 Å². The lowest BCUT2D eigenvalue weighted by Crippen LogP contribution is -2.44. The van der Waals surface area contributed by atoms with E-state index < -0.39 is 0 Å². The first-order chi connectivity index (χ1) is 8.26. The van der Waals surface area contributed by atoms with Crippen LogP contribution in [-0.4, -0.2) is 43.7 Å². The van der Waals surface area contributed by atoms with Gasteiger partial charge in [-0.1, -0.05) is 6.42 Å². The van der Waals surface area contributed by atoms with E-state index in [0.29, 0.717) is 24.5 Å².